The van der Waals surface area contributed by atoms with E-state index in [2.05, 4.69) is 18.8 Å². The summed E-state index contributed by atoms with van der Waals surface area (Å²) < 4.78 is 5.56. The number of rotatable bonds is 2. The Morgan fingerprint density at radius 1 is 1.25 bits per heavy atom. The molecule has 0 spiro atoms. The molecular weight excluding hydrogens is 148 g/mol. The quantitative estimate of drug-likeness (QED) is 0.573. The number of hydrogen-bond donors (Lipinski definition) is 0. The molecule has 0 heterocycles. The van der Waals surface area contributed by atoms with Crippen LogP contribution >= 0.6 is 0 Å². The molecule has 1 fully saturated rings. The highest BCUT2D eigenvalue weighted by Gasteiger charge is 2.19. The fourth-order valence-corrected chi connectivity index (χ4v) is 1.81. The minimum absolute atomic E-state index is 0.518. The van der Waals surface area contributed by atoms with E-state index in [-0.39, 0.29) is 0 Å². The second-order valence-corrected chi connectivity index (χ2v) is 3.32. The summed E-state index contributed by atoms with van der Waals surface area (Å²) in [5, 5.41) is 0. The lowest BCUT2D eigenvalue weighted by atomic mass is 9.88. The lowest BCUT2D eigenvalue weighted by Crippen LogP contribution is -2.20. The lowest BCUT2D eigenvalue weighted by molar-refractivity contribution is 0.0310. The van der Waals surface area contributed by atoms with E-state index in [0.29, 0.717) is 12.0 Å². The van der Waals surface area contributed by atoms with Crippen LogP contribution in [0, 0.1) is 17.8 Å². The average molecular weight is 166 g/mol. The standard InChI is InChI=1S/C11H18O/c1-3-5-10-6-8-11(9-7-10)12-4-2/h10-11H,4,6-9H2,1-2H3. The Morgan fingerprint density at radius 3 is 2.42 bits per heavy atom. The van der Waals surface area contributed by atoms with Gasteiger partial charge in [0.1, 0.15) is 0 Å². The molecule has 0 aliphatic heterocycles. The van der Waals surface area contributed by atoms with Crippen molar-refractivity contribution in [2.45, 2.75) is 45.6 Å². The van der Waals surface area contributed by atoms with Gasteiger partial charge in [0.05, 0.1) is 6.10 Å². The molecular formula is C11H18O. The molecule has 0 unspecified atom stereocenters. The van der Waals surface area contributed by atoms with Crippen LogP contribution in [0.5, 0.6) is 0 Å². The molecule has 0 bridgehead atoms. The molecule has 1 nitrogen and oxygen atoms in total. The molecule has 0 saturated heterocycles. The summed E-state index contributed by atoms with van der Waals surface area (Å²) in [4.78, 5) is 0. The molecule has 1 aliphatic carbocycles. The van der Waals surface area contributed by atoms with E-state index in [9.17, 15) is 0 Å². The third-order valence-electron chi connectivity index (χ3n) is 2.43. The van der Waals surface area contributed by atoms with Gasteiger partial charge in [-0.3, -0.25) is 0 Å². The van der Waals surface area contributed by atoms with E-state index < -0.39 is 0 Å². The van der Waals surface area contributed by atoms with Crippen LogP contribution in [0.3, 0.4) is 0 Å². The van der Waals surface area contributed by atoms with Crippen molar-refractivity contribution in [1.29, 1.82) is 0 Å². The van der Waals surface area contributed by atoms with Gasteiger partial charge in [-0.2, -0.15) is 0 Å². The lowest BCUT2D eigenvalue weighted by Gasteiger charge is -2.25. The Hall–Kier alpha value is -0.480. The smallest absolute Gasteiger partial charge is 0.0575 e. The summed E-state index contributed by atoms with van der Waals surface area (Å²) in [5.74, 6) is 6.88. The third-order valence-corrected chi connectivity index (χ3v) is 2.43. The van der Waals surface area contributed by atoms with Crippen molar-refractivity contribution in [3.8, 4) is 11.8 Å². The SMILES string of the molecule is CC#CC1CCC(OCC)CC1. The minimum atomic E-state index is 0.518. The highest BCUT2D eigenvalue weighted by atomic mass is 16.5. The Bertz CT molecular complexity index is 167. The maximum absolute atomic E-state index is 5.56. The monoisotopic (exact) mass is 166 g/mol. The number of hydrogen-bond acceptors (Lipinski definition) is 1. The molecule has 1 heteroatoms. The minimum Gasteiger partial charge on any atom is -0.379 e. The van der Waals surface area contributed by atoms with E-state index in [4.69, 9.17) is 4.74 Å². The predicted molar refractivity (Wildman–Crippen MR) is 50.8 cm³/mol. The van der Waals surface area contributed by atoms with Gasteiger partial charge in [-0.05, 0) is 39.5 Å². The predicted octanol–water partition coefficient (Wildman–Crippen LogP) is 2.61. The molecule has 1 rings (SSSR count). The van der Waals surface area contributed by atoms with E-state index in [1.165, 1.54) is 25.7 Å². The first kappa shape index (κ1) is 9.61. The summed E-state index contributed by atoms with van der Waals surface area (Å²) in [5.41, 5.74) is 0. The van der Waals surface area contributed by atoms with Gasteiger partial charge in [-0.1, -0.05) is 0 Å². The molecule has 0 N–H and O–H groups in total. The Labute approximate surface area is 75.5 Å². The fraction of sp³-hybridized carbons (Fsp3) is 0.818. The maximum Gasteiger partial charge on any atom is 0.0575 e. The maximum atomic E-state index is 5.56. The van der Waals surface area contributed by atoms with Gasteiger partial charge in [-0.25, -0.2) is 0 Å². The Balaban J connectivity index is 2.23. The van der Waals surface area contributed by atoms with Crippen molar-refractivity contribution in [2.75, 3.05) is 6.61 Å². The van der Waals surface area contributed by atoms with Gasteiger partial charge in [0, 0.05) is 12.5 Å². The zero-order chi connectivity index (χ0) is 8.81. The Kier molecular flexibility index (Phi) is 4.18. The van der Waals surface area contributed by atoms with Crippen LogP contribution in [0.15, 0.2) is 0 Å². The summed E-state index contributed by atoms with van der Waals surface area (Å²) in [6.45, 7) is 4.85. The largest absolute Gasteiger partial charge is 0.379 e. The van der Waals surface area contributed by atoms with Crippen molar-refractivity contribution in [3.05, 3.63) is 0 Å². The van der Waals surface area contributed by atoms with Gasteiger partial charge in [0.2, 0.25) is 0 Å². The topological polar surface area (TPSA) is 9.23 Å². The molecule has 0 aromatic heterocycles. The summed E-state index contributed by atoms with van der Waals surface area (Å²) in [6.07, 6.45) is 5.38. The summed E-state index contributed by atoms with van der Waals surface area (Å²) in [7, 11) is 0. The van der Waals surface area contributed by atoms with E-state index in [0.717, 1.165) is 6.61 Å². The van der Waals surface area contributed by atoms with Crippen molar-refractivity contribution in [2.24, 2.45) is 5.92 Å². The van der Waals surface area contributed by atoms with E-state index in [1.807, 2.05) is 6.92 Å². The van der Waals surface area contributed by atoms with Crippen LogP contribution in [0.4, 0.5) is 0 Å². The molecule has 0 aromatic rings. The van der Waals surface area contributed by atoms with Crippen LogP contribution in [0.1, 0.15) is 39.5 Å². The molecule has 0 aromatic carbocycles. The van der Waals surface area contributed by atoms with Crippen molar-refractivity contribution < 1.29 is 4.74 Å². The first-order valence-electron chi connectivity index (χ1n) is 4.90. The summed E-state index contributed by atoms with van der Waals surface area (Å²) >= 11 is 0. The van der Waals surface area contributed by atoms with Crippen LogP contribution in [0.2, 0.25) is 0 Å². The van der Waals surface area contributed by atoms with Gasteiger partial charge in [0.25, 0.3) is 0 Å². The van der Waals surface area contributed by atoms with Gasteiger partial charge in [-0.15, -0.1) is 11.8 Å². The van der Waals surface area contributed by atoms with Gasteiger partial charge < -0.3 is 4.74 Å². The van der Waals surface area contributed by atoms with E-state index >= 15 is 0 Å². The Morgan fingerprint density at radius 2 is 1.92 bits per heavy atom. The molecule has 0 radical (unpaired) electrons. The molecule has 1 saturated carbocycles. The summed E-state index contributed by atoms with van der Waals surface area (Å²) in [6, 6.07) is 0. The van der Waals surface area contributed by atoms with Crippen LogP contribution in [-0.2, 0) is 4.74 Å². The van der Waals surface area contributed by atoms with E-state index in [1.54, 1.807) is 0 Å². The average Bonchev–Trinajstić information content (AvgIpc) is 2.09. The fourth-order valence-electron chi connectivity index (χ4n) is 1.81. The first-order chi connectivity index (χ1) is 5.86. The van der Waals surface area contributed by atoms with Gasteiger partial charge in [0.15, 0.2) is 0 Å². The third kappa shape index (κ3) is 2.87. The number of ether oxygens (including phenoxy) is 1. The first-order valence-corrected chi connectivity index (χ1v) is 4.90. The molecule has 68 valence electrons. The van der Waals surface area contributed by atoms with Gasteiger partial charge >= 0.3 is 0 Å². The highest BCUT2D eigenvalue weighted by Crippen LogP contribution is 2.25. The second-order valence-electron chi connectivity index (χ2n) is 3.32. The second kappa shape index (κ2) is 5.22. The highest BCUT2D eigenvalue weighted by molar-refractivity contribution is 5.02. The molecule has 1 aliphatic rings. The normalized spacial score (nSPS) is 29.2. The van der Waals surface area contributed by atoms with Crippen molar-refractivity contribution >= 4 is 0 Å². The molecule has 12 heavy (non-hydrogen) atoms. The molecule has 0 atom stereocenters. The van der Waals surface area contributed by atoms with Crippen molar-refractivity contribution in [1.82, 2.24) is 0 Å². The zero-order valence-corrected chi connectivity index (χ0v) is 8.10. The van der Waals surface area contributed by atoms with Crippen molar-refractivity contribution in [3.63, 3.8) is 0 Å². The molecule has 0 amide bonds. The van der Waals surface area contributed by atoms with Crippen LogP contribution in [0.25, 0.3) is 0 Å². The van der Waals surface area contributed by atoms with Crippen LogP contribution in [-0.4, -0.2) is 12.7 Å². The van der Waals surface area contributed by atoms with Crippen LogP contribution < -0.4 is 0 Å². The zero-order valence-electron chi connectivity index (χ0n) is 8.10.